The van der Waals surface area contributed by atoms with E-state index in [9.17, 15) is 13.2 Å². The number of carbonyl (C=O) groups is 1. The fourth-order valence-electron chi connectivity index (χ4n) is 1.08. The van der Waals surface area contributed by atoms with Gasteiger partial charge < -0.3 is 10.4 Å². The molecule has 0 bridgehead atoms. The Morgan fingerprint density at radius 1 is 1.53 bits per heavy atom. The number of hydrogen-bond donors (Lipinski definition) is 3. The number of primary sulfonamides is 1. The van der Waals surface area contributed by atoms with E-state index in [0.717, 1.165) is 0 Å². The van der Waals surface area contributed by atoms with Crippen LogP contribution >= 0.6 is 15.9 Å². The second-order valence-corrected chi connectivity index (χ2v) is 5.81. The van der Waals surface area contributed by atoms with Crippen LogP contribution in [0.3, 0.4) is 0 Å². The van der Waals surface area contributed by atoms with Crippen LogP contribution < -0.4 is 10.5 Å². The minimum atomic E-state index is -3.76. The van der Waals surface area contributed by atoms with Crippen LogP contribution in [0.4, 0.5) is 5.69 Å². The highest BCUT2D eigenvalue weighted by molar-refractivity contribution is 9.10. The standard InChI is InChI=1S/C9H11BrN2O4S/c1-5(9(13)14)12-8-3-2-6(4-7(8)10)17(11,15)16/h2-5,12H,1H3,(H,13,14)(H2,11,15,16). The SMILES string of the molecule is CC(Nc1ccc(S(N)(=O)=O)cc1Br)C(=O)O. The number of aliphatic carboxylic acids is 1. The first-order chi connectivity index (χ1) is 7.71. The van der Waals surface area contributed by atoms with Gasteiger partial charge in [-0.1, -0.05) is 0 Å². The third-order valence-electron chi connectivity index (χ3n) is 2.01. The summed E-state index contributed by atoms with van der Waals surface area (Å²) >= 11 is 3.14. The Labute approximate surface area is 107 Å². The van der Waals surface area contributed by atoms with Gasteiger partial charge in [-0.15, -0.1) is 0 Å². The second kappa shape index (κ2) is 5.03. The number of halogens is 1. The van der Waals surface area contributed by atoms with E-state index in [-0.39, 0.29) is 4.90 Å². The average molecular weight is 323 g/mol. The molecule has 1 aromatic carbocycles. The van der Waals surface area contributed by atoms with Crippen LogP contribution in [0.15, 0.2) is 27.6 Å². The van der Waals surface area contributed by atoms with E-state index in [0.29, 0.717) is 10.2 Å². The van der Waals surface area contributed by atoms with Gasteiger partial charge in [0, 0.05) is 10.2 Å². The molecule has 0 aliphatic heterocycles. The maximum Gasteiger partial charge on any atom is 0.325 e. The van der Waals surface area contributed by atoms with Crippen LogP contribution in [-0.2, 0) is 14.8 Å². The highest BCUT2D eigenvalue weighted by atomic mass is 79.9. The maximum absolute atomic E-state index is 11.1. The summed E-state index contributed by atoms with van der Waals surface area (Å²) in [5, 5.41) is 16.4. The zero-order valence-electron chi connectivity index (χ0n) is 8.84. The van der Waals surface area contributed by atoms with Crippen LogP contribution in [0.1, 0.15) is 6.92 Å². The summed E-state index contributed by atoms with van der Waals surface area (Å²) in [6, 6.07) is 3.28. The Morgan fingerprint density at radius 3 is 2.53 bits per heavy atom. The predicted octanol–water partition coefficient (Wildman–Crippen LogP) is 0.981. The molecule has 0 heterocycles. The number of sulfonamides is 1. The van der Waals surface area contributed by atoms with Crippen molar-refractivity contribution in [3.63, 3.8) is 0 Å². The molecule has 1 atom stereocenters. The quantitative estimate of drug-likeness (QED) is 0.765. The van der Waals surface area contributed by atoms with Gasteiger partial charge in [0.25, 0.3) is 0 Å². The van der Waals surface area contributed by atoms with Crippen LogP contribution in [0.5, 0.6) is 0 Å². The van der Waals surface area contributed by atoms with Gasteiger partial charge in [0.05, 0.1) is 4.90 Å². The summed E-state index contributed by atoms with van der Waals surface area (Å²) in [4.78, 5) is 10.6. The van der Waals surface area contributed by atoms with E-state index < -0.39 is 22.0 Å². The molecule has 0 saturated carbocycles. The minimum Gasteiger partial charge on any atom is -0.480 e. The molecule has 0 amide bonds. The number of nitrogens with two attached hydrogens (primary N) is 1. The molecule has 1 aromatic rings. The van der Waals surface area contributed by atoms with Gasteiger partial charge in [-0.25, -0.2) is 13.6 Å². The molecular formula is C9H11BrN2O4S. The Balaban J connectivity index is 3.03. The molecule has 0 fully saturated rings. The van der Waals surface area contributed by atoms with Gasteiger partial charge in [0.15, 0.2) is 0 Å². The maximum atomic E-state index is 11.1. The molecule has 8 heteroatoms. The van der Waals surface area contributed by atoms with Crippen molar-refractivity contribution in [1.82, 2.24) is 0 Å². The van der Waals surface area contributed by atoms with E-state index in [1.165, 1.54) is 25.1 Å². The largest absolute Gasteiger partial charge is 0.480 e. The van der Waals surface area contributed by atoms with E-state index in [4.69, 9.17) is 10.2 Å². The highest BCUT2D eigenvalue weighted by Gasteiger charge is 2.14. The first-order valence-electron chi connectivity index (χ1n) is 4.53. The van der Waals surface area contributed by atoms with Crippen LogP contribution in [0.2, 0.25) is 0 Å². The molecule has 0 aliphatic carbocycles. The van der Waals surface area contributed by atoms with Gasteiger partial charge in [-0.05, 0) is 41.1 Å². The lowest BCUT2D eigenvalue weighted by Gasteiger charge is -2.12. The smallest absolute Gasteiger partial charge is 0.325 e. The van der Waals surface area contributed by atoms with Crippen LogP contribution in [0.25, 0.3) is 0 Å². The van der Waals surface area contributed by atoms with Crippen molar-refractivity contribution >= 4 is 37.6 Å². The van der Waals surface area contributed by atoms with Gasteiger partial charge in [-0.2, -0.15) is 0 Å². The third-order valence-corrected chi connectivity index (χ3v) is 3.58. The monoisotopic (exact) mass is 322 g/mol. The number of carboxylic acid groups (broad SMARTS) is 1. The van der Waals surface area contributed by atoms with Crippen molar-refractivity contribution in [2.45, 2.75) is 17.9 Å². The lowest BCUT2D eigenvalue weighted by Crippen LogP contribution is -2.25. The molecule has 6 nitrogen and oxygen atoms in total. The number of nitrogens with one attached hydrogen (secondary N) is 1. The van der Waals surface area contributed by atoms with E-state index >= 15 is 0 Å². The van der Waals surface area contributed by atoms with Crippen LogP contribution in [-0.4, -0.2) is 25.5 Å². The Bertz CT molecular complexity index is 544. The lowest BCUT2D eigenvalue weighted by molar-refractivity contribution is -0.137. The summed E-state index contributed by atoms with van der Waals surface area (Å²) in [5.74, 6) is -1.01. The molecule has 0 aliphatic rings. The van der Waals surface area contributed by atoms with E-state index in [1.54, 1.807) is 0 Å². The molecule has 0 saturated heterocycles. The fourth-order valence-corrected chi connectivity index (χ4v) is 2.27. The Hall–Kier alpha value is -1.12. The predicted molar refractivity (Wildman–Crippen MR) is 66.2 cm³/mol. The highest BCUT2D eigenvalue weighted by Crippen LogP contribution is 2.25. The normalized spacial score (nSPS) is 13.1. The lowest BCUT2D eigenvalue weighted by atomic mass is 10.2. The molecule has 0 radical (unpaired) electrons. The van der Waals surface area contributed by atoms with Crippen molar-refractivity contribution in [3.8, 4) is 0 Å². The van der Waals surface area contributed by atoms with Gasteiger partial charge in [0.1, 0.15) is 6.04 Å². The average Bonchev–Trinajstić information content (AvgIpc) is 2.19. The van der Waals surface area contributed by atoms with Crippen molar-refractivity contribution in [3.05, 3.63) is 22.7 Å². The topological polar surface area (TPSA) is 109 Å². The number of carboxylic acids is 1. The third kappa shape index (κ3) is 3.69. The molecule has 4 N–H and O–H groups in total. The van der Waals surface area contributed by atoms with E-state index in [2.05, 4.69) is 21.2 Å². The van der Waals surface area contributed by atoms with Crippen molar-refractivity contribution < 1.29 is 18.3 Å². The van der Waals surface area contributed by atoms with Crippen molar-refractivity contribution in [2.24, 2.45) is 5.14 Å². The summed E-state index contributed by atoms with van der Waals surface area (Å²) in [7, 11) is -3.76. The van der Waals surface area contributed by atoms with Gasteiger partial charge in [-0.3, -0.25) is 4.79 Å². The Kier molecular flexibility index (Phi) is 4.12. The van der Waals surface area contributed by atoms with Gasteiger partial charge >= 0.3 is 5.97 Å². The molecule has 17 heavy (non-hydrogen) atoms. The van der Waals surface area contributed by atoms with Crippen molar-refractivity contribution in [1.29, 1.82) is 0 Å². The number of rotatable bonds is 4. The first kappa shape index (κ1) is 13.9. The van der Waals surface area contributed by atoms with E-state index in [1.807, 2.05) is 0 Å². The number of hydrogen-bond acceptors (Lipinski definition) is 4. The molecular weight excluding hydrogens is 312 g/mol. The van der Waals surface area contributed by atoms with Crippen molar-refractivity contribution in [2.75, 3.05) is 5.32 Å². The Morgan fingerprint density at radius 2 is 2.12 bits per heavy atom. The summed E-state index contributed by atoms with van der Waals surface area (Å²) in [5.41, 5.74) is 0.479. The number of anilines is 1. The number of benzene rings is 1. The summed E-state index contributed by atoms with van der Waals surface area (Å²) < 4.78 is 22.6. The van der Waals surface area contributed by atoms with Crippen LogP contribution in [0, 0.1) is 0 Å². The molecule has 94 valence electrons. The molecule has 1 unspecified atom stereocenters. The zero-order chi connectivity index (χ0) is 13.2. The summed E-state index contributed by atoms with van der Waals surface area (Å²) in [6.45, 7) is 1.47. The molecule has 0 spiro atoms. The molecule has 1 rings (SSSR count). The first-order valence-corrected chi connectivity index (χ1v) is 6.87. The minimum absolute atomic E-state index is 0.0436. The fraction of sp³-hybridized carbons (Fsp3) is 0.222. The zero-order valence-corrected chi connectivity index (χ0v) is 11.2. The van der Waals surface area contributed by atoms with Gasteiger partial charge in [0.2, 0.25) is 10.0 Å². The second-order valence-electron chi connectivity index (χ2n) is 3.39. The summed E-state index contributed by atoms with van der Waals surface area (Å²) in [6.07, 6.45) is 0. The molecule has 0 aromatic heterocycles.